The summed E-state index contributed by atoms with van der Waals surface area (Å²) in [7, 11) is -1.85. The molecule has 1 rings (SSSR count). The first-order valence-corrected chi connectivity index (χ1v) is 11.8. The highest BCUT2D eigenvalue weighted by Crippen LogP contribution is 2.19. The largest absolute Gasteiger partial charge is 0.357 e. The summed E-state index contributed by atoms with van der Waals surface area (Å²) < 4.78 is 26.5. The number of guanidine groups is 1. The predicted octanol–water partition coefficient (Wildman–Crippen LogP) is 3.53. The van der Waals surface area contributed by atoms with Crippen LogP contribution in [0.2, 0.25) is 0 Å². The molecular weight excluding hydrogens is 507 g/mol. The van der Waals surface area contributed by atoms with Crippen molar-refractivity contribution in [3.05, 3.63) is 29.8 Å². The molecule has 1 aromatic carbocycles. The molecule has 9 heteroatoms. The van der Waals surface area contributed by atoms with Crippen LogP contribution in [0, 0.1) is 0 Å². The highest BCUT2D eigenvalue weighted by molar-refractivity contribution is 14.0. The SMILES string of the molecule is CCNC(=NCc1ccc(S(=O)(=O)N(C)C(C)C)cc1)NCC(C)(C)SC.I. The van der Waals surface area contributed by atoms with Crippen LogP contribution in [0.25, 0.3) is 0 Å². The van der Waals surface area contributed by atoms with Crippen LogP contribution in [0.4, 0.5) is 0 Å². The number of nitrogens with zero attached hydrogens (tertiary/aromatic N) is 2. The van der Waals surface area contributed by atoms with Crippen molar-refractivity contribution in [3.63, 3.8) is 0 Å². The average molecular weight is 543 g/mol. The zero-order valence-corrected chi connectivity index (χ0v) is 21.9. The Hall–Kier alpha value is -0.520. The molecule has 0 fully saturated rings. The van der Waals surface area contributed by atoms with Gasteiger partial charge in [-0.3, -0.25) is 0 Å². The minimum absolute atomic E-state index is 0. The molecule has 1 aromatic rings. The smallest absolute Gasteiger partial charge is 0.243 e. The van der Waals surface area contributed by atoms with Gasteiger partial charge >= 0.3 is 0 Å². The van der Waals surface area contributed by atoms with Crippen molar-refractivity contribution < 1.29 is 8.42 Å². The second-order valence-corrected chi connectivity index (χ2v) is 10.8. The summed E-state index contributed by atoms with van der Waals surface area (Å²) in [4.78, 5) is 4.91. The Balaban J connectivity index is 0.00000729. The maximum atomic E-state index is 12.5. The number of rotatable bonds is 9. The van der Waals surface area contributed by atoms with Gasteiger partial charge in [-0.05, 0) is 58.6 Å². The van der Waals surface area contributed by atoms with Crippen LogP contribution in [0.3, 0.4) is 0 Å². The minimum atomic E-state index is -3.45. The van der Waals surface area contributed by atoms with Gasteiger partial charge in [-0.25, -0.2) is 13.4 Å². The van der Waals surface area contributed by atoms with E-state index in [4.69, 9.17) is 0 Å². The van der Waals surface area contributed by atoms with Crippen LogP contribution in [0.5, 0.6) is 0 Å². The number of hydrogen-bond donors (Lipinski definition) is 2. The summed E-state index contributed by atoms with van der Waals surface area (Å²) in [6.07, 6.45) is 2.10. The number of nitrogens with one attached hydrogen (secondary N) is 2. The minimum Gasteiger partial charge on any atom is -0.357 e. The first-order valence-electron chi connectivity index (χ1n) is 9.18. The van der Waals surface area contributed by atoms with Crippen molar-refractivity contribution in [1.29, 1.82) is 0 Å². The molecule has 0 radical (unpaired) electrons. The molecule has 0 atom stereocenters. The summed E-state index contributed by atoms with van der Waals surface area (Å²) in [5.41, 5.74) is 0.961. The number of hydrogen-bond acceptors (Lipinski definition) is 4. The maximum absolute atomic E-state index is 12.5. The molecule has 0 aliphatic rings. The van der Waals surface area contributed by atoms with Gasteiger partial charge in [0.2, 0.25) is 10.0 Å². The van der Waals surface area contributed by atoms with Crippen LogP contribution in [0.15, 0.2) is 34.2 Å². The molecule has 0 aliphatic carbocycles. The predicted molar refractivity (Wildman–Crippen MR) is 132 cm³/mol. The van der Waals surface area contributed by atoms with E-state index >= 15 is 0 Å². The fourth-order valence-electron chi connectivity index (χ4n) is 2.09. The third-order valence-electron chi connectivity index (χ3n) is 4.33. The molecule has 0 saturated heterocycles. The van der Waals surface area contributed by atoms with Gasteiger partial charge in [0.05, 0.1) is 11.4 Å². The fraction of sp³-hybridized carbons (Fsp3) is 0.632. The van der Waals surface area contributed by atoms with Gasteiger partial charge in [-0.1, -0.05) is 12.1 Å². The van der Waals surface area contributed by atoms with Gasteiger partial charge in [-0.2, -0.15) is 16.1 Å². The number of halogens is 1. The highest BCUT2D eigenvalue weighted by Gasteiger charge is 2.22. The molecule has 162 valence electrons. The van der Waals surface area contributed by atoms with Gasteiger partial charge in [0.1, 0.15) is 0 Å². The van der Waals surface area contributed by atoms with Gasteiger partial charge in [0.25, 0.3) is 0 Å². The Bertz CT molecular complexity index is 720. The summed E-state index contributed by atoms with van der Waals surface area (Å²) in [5.74, 6) is 0.760. The normalized spacial score (nSPS) is 12.8. The Morgan fingerprint density at radius 3 is 2.25 bits per heavy atom. The molecule has 0 aromatic heterocycles. The number of benzene rings is 1. The first kappa shape index (κ1) is 27.5. The Kier molecular flexibility index (Phi) is 12.0. The van der Waals surface area contributed by atoms with Crippen molar-refractivity contribution in [2.24, 2.45) is 4.99 Å². The first-order chi connectivity index (χ1) is 12.5. The van der Waals surface area contributed by atoms with Crippen LogP contribution >= 0.6 is 35.7 Å². The lowest BCUT2D eigenvalue weighted by Gasteiger charge is -2.23. The molecule has 0 heterocycles. The molecule has 6 nitrogen and oxygen atoms in total. The molecule has 2 N–H and O–H groups in total. The topological polar surface area (TPSA) is 73.8 Å². The Morgan fingerprint density at radius 1 is 1.21 bits per heavy atom. The van der Waals surface area contributed by atoms with Crippen LogP contribution < -0.4 is 10.6 Å². The number of sulfonamides is 1. The lowest BCUT2D eigenvalue weighted by molar-refractivity contribution is 0.410. The van der Waals surface area contributed by atoms with E-state index < -0.39 is 10.0 Å². The van der Waals surface area contributed by atoms with Crippen molar-refractivity contribution in [3.8, 4) is 0 Å². The van der Waals surface area contributed by atoms with Crippen molar-refractivity contribution in [2.45, 2.75) is 56.8 Å². The van der Waals surface area contributed by atoms with Gasteiger partial charge in [0.15, 0.2) is 5.96 Å². The molecule has 0 aliphatic heterocycles. The van der Waals surface area contributed by atoms with Gasteiger partial charge in [0, 0.05) is 30.9 Å². The van der Waals surface area contributed by atoms with E-state index in [-0.39, 0.29) is 34.8 Å². The van der Waals surface area contributed by atoms with E-state index in [0.717, 1.165) is 24.6 Å². The summed E-state index contributed by atoms with van der Waals surface area (Å²) >= 11 is 1.80. The monoisotopic (exact) mass is 542 g/mol. The molecule has 0 saturated carbocycles. The summed E-state index contributed by atoms with van der Waals surface area (Å²) in [6, 6.07) is 6.85. The second kappa shape index (κ2) is 12.2. The van der Waals surface area contributed by atoms with E-state index in [0.29, 0.717) is 11.4 Å². The third kappa shape index (κ3) is 8.46. The van der Waals surface area contributed by atoms with E-state index in [9.17, 15) is 8.42 Å². The summed E-state index contributed by atoms with van der Waals surface area (Å²) in [5, 5.41) is 6.60. The van der Waals surface area contributed by atoms with E-state index in [2.05, 4.69) is 35.7 Å². The molecule has 0 unspecified atom stereocenters. The third-order valence-corrected chi connectivity index (χ3v) is 7.62. The zero-order chi connectivity index (χ0) is 20.7. The molecule has 28 heavy (non-hydrogen) atoms. The molecule has 0 amide bonds. The molecule has 0 bridgehead atoms. The number of thioether (sulfide) groups is 1. The fourth-order valence-corrected chi connectivity index (χ4v) is 3.68. The van der Waals surface area contributed by atoms with Crippen LogP contribution in [-0.2, 0) is 16.6 Å². The van der Waals surface area contributed by atoms with E-state index in [1.54, 1.807) is 30.9 Å². The molecular formula is C19H35IN4O2S2. The highest BCUT2D eigenvalue weighted by atomic mass is 127. The number of aliphatic imine (C=N–C) groups is 1. The Morgan fingerprint density at radius 2 is 1.79 bits per heavy atom. The molecule has 0 spiro atoms. The maximum Gasteiger partial charge on any atom is 0.243 e. The van der Waals surface area contributed by atoms with Gasteiger partial charge in [-0.15, -0.1) is 24.0 Å². The van der Waals surface area contributed by atoms with Crippen molar-refractivity contribution in [2.75, 3.05) is 26.4 Å². The van der Waals surface area contributed by atoms with E-state index in [1.165, 1.54) is 4.31 Å². The van der Waals surface area contributed by atoms with E-state index in [1.807, 2.05) is 32.9 Å². The van der Waals surface area contributed by atoms with Crippen molar-refractivity contribution >= 4 is 51.7 Å². The Labute approximate surface area is 192 Å². The lowest BCUT2D eigenvalue weighted by atomic mass is 10.2. The standard InChI is InChI=1S/C19H34N4O2S2.HI/c1-8-20-18(22-14-19(4,5)26-7)21-13-16-9-11-17(12-10-16)27(24,25)23(6)15(2)3;/h9-12,15H,8,13-14H2,1-7H3,(H2,20,21,22);1H. The average Bonchev–Trinajstić information content (AvgIpc) is 2.63. The van der Waals surface area contributed by atoms with Crippen LogP contribution in [0.1, 0.15) is 40.2 Å². The summed E-state index contributed by atoms with van der Waals surface area (Å²) in [6.45, 7) is 12.2. The zero-order valence-electron chi connectivity index (χ0n) is 17.9. The quantitative estimate of drug-likeness (QED) is 0.284. The van der Waals surface area contributed by atoms with Crippen LogP contribution in [-0.4, -0.2) is 55.9 Å². The van der Waals surface area contributed by atoms with Gasteiger partial charge < -0.3 is 10.6 Å². The second-order valence-electron chi connectivity index (χ2n) is 7.27. The lowest BCUT2D eigenvalue weighted by Crippen LogP contribution is -2.43. The van der Waals surface area contributed by atoms with Crippen molar-refractivity contribution in [1.82, 2.24) is 14.9 Å².